The summed E-state index contributed by atoms with van der Waals surface area (Å²) in [5.74, 6) is 0. The fourth-order valence-corrected chi connectivity index (χ4v) is 1.79. The number of benzene rings is 1. The van der Waals surface area contributed by atoms with Gasteiger partial charge in [0.05, 0.1) is 5.60 Å². The van der Waals surface area contributed by atoms with E-state index >= 15 is 0 Å². The lowest BCUT2D eigenvalue weighted by molar-refractivity contribution is 0.0457. The summed E-state index contributed by atoms with van der Waals surface area (Å²) < 4.78 is 0. The highest BCUT2D eigenvalue weighted by atomic mass is 16.3. The molecule has 1 atom stereocenters. The highest BCUT2D eigenvalue weighted by Crippen LogP contribution is 2.27. The van der Waals surface area contributed by atoms with Crippen molar-refractivity contribution in [3.05, 3.63) is 47.5 Å². The molecule has 1 N–H and O–H groups in total. The van der Waals surface area contributed by atoms with Gasteiger partial charge in [-0.1, -0.05) is 35.4 Å². The predicted octanol–water partition coefficient (Wildman–Crippen LogP) is 3.95. The molecule has 1 rings (SSSR count). The van der Waals surface area contributed by atoms with E-state index in [9.17, 15) is 5.11 Å². The summed E-state index contributed by atoms with van der Waals surface area (Å²) in [6.07, 6.45) is 2.75. The minimum absolute atomic E-state index is 0.719. The minimum atomic E-state index is -0.719. The standard InChI is InChI=1S/C15H22O/c1-12(2)6-5-11-15(4,16)14-9-7-13(3)8-10-14/h7-10,16H,1,5-6,11H2,2-4H3. The monoisotopic (exact) mass is 218 g/mol. The zero-order valence-corrected chi connectivity index (χ0v) is 10.6. The van der Waals surface area contributed by atoms with E-state index in [1.807, 2.05) is 38.1 Å². The first-order chi connectivity index (χ1) is 7.42. The molecule has 0 amide bonds. The van der Waals surface area contributed by atoms with E-state index in [1.54, 1.807) is 0 Å². The van der Waals surface area contributed by atoms with Gasteiger partial charge in [-0.25, -0.2) is 0 Å². The number of rotatable bonds is 5. The molecule has 0 spiro atoms. The Bertz CT molecular complexity index is 346. The molecule has 0 heterocycles. The van der Waals surface area contributed by atoms with Gasteiger partial charge in [-0.2, -0.15) is 0 Å². The quantitative estimate of drug-likeness (QED) is 0.742. The Morgan fingerprint density at radius 1 is 1.31 bits per heavy atom. The molecule has 0 fully saturated rings. The fourth-order valence-electron chi connectivity index (χ4n) is 1.79. The van der Waals surface area contributed by atoms with Crippen molar-refractivity contribution in [2.24, 2.45) is 0 Å². The summed E-state index contributed by atoms with van der Waals surface area (Å²) in [4.78, 5) is 0. The average Bonchev–Trinajstić information content (AvgIpc) is 2.17. The van der Waals surface area contributed by atoms with Gasteiger partial charge in [0.25, 0.3) is 0 Å². The average molecular weight is 218 g/mol. The number of aryl methyl sites for hydroxylation is 1. The van der Waals surface area contributed by atoms with E-state index in [0.717, 1.165) is 24.8 Å². The first kappa shape index (κ1) is 13.0. The van der Waals surface area contributed by atoms with Gasteiger partial charge in [0.2, 0.25) is 0 Å². The first-order valence-electron chi connectivity index (χ1n) is 5.86. The van der Waals surface area contributed by atoms with Crippen LogP contribution in [0.2, 0.25) is 0 Å². The van der Waals surface area contributed by atoms with E-state index in [0.29, 0.717) is 0 Å². The summed E-state index contributed by atoms with van der Waals surface area (Å²) in [5, 5.41) is 10.4. The topological polar surface area (TPSA) is 20.2 Å². The first-order valence-corrected chi connectivity index (χ1v) is 5.86. The lowest BCUT2D eigenvalue weighted by atomic mass is 9.89. The van der Waals surface area contributed by atoms with Gasteiger partial charge in [0, 0.05) is 0 Å². The van der Waals surface area contributed by atoms with Crippen molar-refractivity contribution in [3.63, 3.8) is 0 Å². The molecule has 0 radical (unpaired) electrons. The van der Waals surface area contributed by atoms with Gasteiger partial charge in [-0.05, 0) is 45.6 Å². The zero-order valence-electron chi connectivity index (χ0n) is 10.6. The smallest absolute Gasteiger partial charge is 0.0868 e. The van der Waals surface area contributed by atoms with Crippen molar-refractivity contribution in [1.82, 2.24) is 0 Å². The van der Waals surface area contributed by atoms with Crippen LogP contribution in [0, 0.1) is 6.92 Å². The SMILES string of the molecule is C=C(C)CCCC(C)(O)c1ccc(C)cc1. The van der Waals surface area contributed by atoms with Crippen molar-refractivity contribution < 1.29 is 5.11 Å². The number of aliphatic hydroxyl groups is 1. The van der Waals surface area contributed by atoms with E-state index in [-0.39, 0.29) is 0 Å². The summed E-state index contributed by atoms with van der Waals surface area (Å²) in [5.41, 5.74) is 2.68. The molecule has 1 aromatic rings. The maximum absolute atomic E-state index is 10.4. The van der Waals surface area contributed by atoms with E-state index < -0.39 is 5.60 Å². The van der Waals surface area contributed by atoms with Crippen LogP contribution in [0.15, 0.2) is 36.4 Å². The van der Waals surface area contributed by atoms with Gasteiger partial charge in [0.15, 0.2) is 0 Å². The molecule has 0 aromatic heterocycles. The highest BCUT2D eigenvalue weighted by molar-refractivity contribution is 5.25. The van der Waals surface area contributed by atoms with E-state index in [4.69, 9.17) is 0 Å². The van der Waals surface area contributed by atoms with E-state index in [1.165, 1.54) is 11.1 Å². The summed E-state index contributed by atoms with van der Waals surface area (Å²) >= 11 is 0. The van der Waals surface area contributed by atoms with Gasteiger partial charge < -0.3 is 5.11 Å². The second-order valence-corrected chi connectivity index (χ2v) is 4.95. The molecule has 0 saturated carbocycles. The molecule has 0 bridgehead atoms. The fraction of sp³-hybridized carbons (Fsp3) is 0.467. The summed E-state index contributed by atoms with van der Waals surface area (Å²) in [6, 6.07) is 8.11. The molecule has 1 unspecified atom stereocenters. The van der Waals surface area contributed by atoms with Crippen molar-refractivity contribution in [2.45, 2.75) is 45.6 Å². The van der Waals surface area contributed by atoms with Crippen molar-refractivity contribution >= 4 is 0 Å². The van der Waals surface area contributed by atoms with Crippen LogP contribution in [0.1, 0.15) is 44.2 Å². The minimum Gasteiger partial charge on any atom is -0.385 e. The molecule has 0 aliphatic heterocycles. The predicted molar refractivity (Wildman–Crippen MR) is 69.4 cm³/mol. The Balaban J connectivity index is 2.62. The molecule has 88 valence electrons. The third-order valence-corrected chi connectivity index (χ3v) is 2.94. The second kappa shape index (κ2) is 5.31. The summed E-state index contributed by atoms with van der Waals surface area (Å²) in [6.45, 7) is 9.85. The number of hydrogen-bond donors (Lipinski definition) is 1. The van der Waals surface area contributed by atoms with Crippen LogP contribution in [0.3, 0.4) is 0 Å². The zero-order chi connectivity index (χ0) is 12.2. The largest absolute Gasteiger partial charge is 0.385 e. The maximum Gasteiger partial charge on any atom is 0.0868 e. The molecular formula is C15H22O. The normalized spacial score (nSPS) is 14.5. The van der Waals surface area contributed by atoms with Gasteiger partial charge >= 0.3 is 0 Å². The van der Waals surface area contributed by atoms with Gasteiger partial charge in [-0.15, -0.1) is 6.58 Å². The Hall–Kier alpha value is -1.08. The van der Waals surface area contributed by atoms with Crippen molar-refractivity contribution in [3.8, 4) is 0 Å². The summed E-state index contributed by atoms with van der Waals surface area (Å²) in [7, 11) is 0. The highest BCUT2D eigenvalue weighted by Gasteiger charge is 2.21. The molecule has 0 aliphatic rings. The van der Waals surface area contributed by atoms with Crippen molar-refractivity contribution in [1.29, 1.82) is 0 Å². The Kier molecular flexibility index (Phi) is 4.31. The van der Waals surface area contributed by atoms with Crippen LogP contribution >= 0.6 is 0 Å². The number of hydrogen-bond acceptors (Lipinski definition) is 1. The third-order valence-electron chi connectivity index (χ3n) is 2.94. The molecule has 1 nitrogen and oxygen atoms in total. The van der Waals surface area contributed by atoms with E-state index in [2.05, 4.69) is 13.5 Å². The molecule has 0 aliphatic carbocycles. The molecular weight excluding hydrogens is 196 g/mol. The van der Waals surface area contributed by atoms with Crippen LogP contribution in [0.4, 0.5) is 0 Å². The van der Waals surface area contributed by atoms with Crippen LogP contribution in [0.5, 0.6) is 0 Å². The molecule has 1 heteroatoms. The van der Waals surface area contributed by atoms with Crippen molar-refractivity contribution in [2.75, 3.05) is 0 Å². The Morgan fingerprint density at radius 3 is 2.38 bits per heavy atom. The van der Waals surface area contributed by atoms with Crippen LogP contribution in [-0.2, 0) is 5.60 Å². The number of allylic oxidation sites excluding steroid dienone is 1. The van der Waals surface area contributed by atoms with Gasteiger partial charge in [0.1, 0.15) is 0 Å². The molecule has 0 saturated heterocycles. The Morgan fingerprint density at radius 2 is 1.88 bits per heavy atom. The lowest BCUT2D eigenvalue weighted by Crippen LogP contribution is -2.20. The maximum atomic E-state index is 10.4. The Labute approximate surface area is 98.8 Å². The van der Waals surface area contributed by atoms with Crippen LogP contribution in [-0.4, -0.2) is 5.11 Å². The molecule has 1 aromatic carbocycles. The second-order valence-electron chi connectivity index (χ2n) is 4.95. The van der Waals surface area contributed by atoms with Crippen LogP contribution < -0.4 is 0 Å². The molecule has 16 heavy (non-hydrogen) atoms. The third kappa shape index (κ3) is 3.82. The van der Waals surface area contributed by atoms with Crippen LogP contribution in [0.25, 0.3) is 0 Å². The lowest BCUT2D eigenvalue weighted by Gasteiger charge is -2.24. The van der Waals surface area contributed by atoms with Gasteiger partial charge in [-0.3, -0.25) is 0 Å².